The fourth-order valence-corrected chi connectivity index (χ4v) is 3.47. The van der Waals surface area contributed by atoms with Gasteiger partial charge in [0, 0.05) is 26.2 Å². The molecule has 0 unspecified atom stereocenters. The van der Waals surface area contributed by atoms with Crippen LogP contribution in [0.25, 0.3) is 0 Å². The van der Waals surface area contributed by atoms with E-state index in [1.165, 1.54) is 13.0 Å². The number of fused-ring (bicyclic) bond motifs is 1. The first kappa shape index (κ1) is 17.3. The van der Waals surface area contributed by atoms with E-state index in [0.717, 1.165) is 0 Å². The number of benzene rings is 2. The van der Waals surface area contributed by atoms with Crippen molar-refractivity contribution in [1.82, 2.24) is 4.90 Å². The standard InChI is InChI=1S/C20H20FN3O3/c1-20(18(25)22-15-7-3-5-9-17(15)27-20)19(26)24-12-10-23(11-13-24)16-8-4-2-6-14(16)21/h2-9H,10-13H2,1H3,(H,22,25)/t20-/m1/s1. The highest BCUT2D eigenvalue weighted by Crippen LogP contribution is 2.34. The van der Waals surface area contributed by atoms with Crippen molar-refractivity contribution in [3.63, 3.8) is 0 Å². The van der Waals surface area contributed by atoms with Crippen LogP contribution in [0.3, 0.4) is 0 Å². The molecule has 1 N–H and O–H groups in total. The number of rotatable bonds is 2. The van der Waals surface area contributed by atoms with E-state index in [1.54, 1.807) is 47.4 Å². The number of nitrogens with zero attached hydrogens (tertiary/aromatic N) is 2. The Morgan fingerprint density at radius 2 is 1.74 bits per heavy atom. The van der Waals surface area contributed by atoms with Crippen molar-refractivity contribution >= 4 is 23.2 Å². The van der Waals surface area contributed by atoms with Gasteiger partial charge in [-0.2, -0.15) is 0 Å². The average Bonchev–Trinajstić information content (AvgIpc) is 2.69. The molecule has 7 heteroatoms. The molecule has 140 valence electrons. The van der Waals surface area contributed by atoms with Crippen LogP contribution in [-0.4, -0.2) is 48.5 Å². The normalized spacial score (nSPS) is 21.9. The van der Waals surface area contributed by atoms with E-state index in [4.69, 9.17) is 4.74 Å². The van der Waals surface area contributed by atoms with E-state index in [-0.39, 0.29) is 11.7 Å². The highest BCUT2D eigenvalue weighted by Gasteiger charge is 2.49. The van der Waals surface area contributed by atoms with Crippen molar-refractivity contribution in [3.05, 3.63) is 54.3 Å². The lowest BCUT2D eigenvalue weighted by atomic mass is 10.00. The van der Waals surface area contributed by atoms with E-state index in [9.17, 15) is 14.0 Å². The number of hydrogen-bond acceptors (Lipinski definition) is 4. The molecule has 0 radical (unpaired) electrons. The molecular weight excluding hydrogens is 349 g/mol. The molecule has 1 saturated heterocycles. The summed E-state index contributed by atoms with van der Waals surface area (Å²) in [4.78, 5) is 29.1. The number of carbonyl (C=O) groups excluding carboxylic acids is 2. The molecule has 2 aromatic carbocycles. The molecule has 0 aliphatic carbocycles. The van der Waals surface area contributed by atoms with E-state index in [2.05, 4.69) is 5.32 Å². The van der Waals surface area contributed by atoms with Gasteiger partial charge in [0.05, 0.1) is 11.4 Å². The van der Waals surface area contributed by atoms with Crippen molar-refractivity contribution in [2.24, 2.45) is 0 Å². The van der Waals surface area contributed by atoms with Crippen molar-refractivity contribution in [3.8, 4) is 5.75 Å². The Bertz CT molecular complexity index is 896. The third-order valence-electron chi connectivity index (χ3n) is 5.05. The van der Waals surface area contributed by atoms with Crippen LogP contribution in [0.1, 0.15) is 6.92 Å². The molecule has 2 amide bonds. The Hall–Kier alpha value is -3.09. The summed E-state index contributed by atoms with van der Waals surface area (Å²) in [5.74, 6) is -0.681. The van der Waals surface area contributed by atoms with Crippen molar-refractivity contribution in [1.29, 1.82) is 0 Å². The molecule has 2 aliphatic heterocycles. The summed E-state index contributed by atoms with van der Waals surface area (Å²) < 4.78 is 19.8. The lowest BCUT2D eigenvalue weighted by molar-refractivity contribution is -0.154. The topological polar surface area (TPSA) is 61.9 Å². The maximum atomic E-state index is 14.0. The predicted molar refractivity (Wildman–Crippen MR) is 99.3 cm³/mol. The monoisotopic (exact) mass is 369 g/mol. The second-order valence-corrected chi connectivity index (χ2v) is 6.82. The van der Waals surface area contributed by atoms with Crippen molar-refractivity contribution in [2.75, 3.05) is 36.4 Å². The summed E-state index contributed by atoms with van der Waals surface area (Å²) in [5, 5.41) is 2.74. The number of halogens is 1. The van der Waals surface area contributed by atoms with Gasteiger partial charge in [-0.3, -0.25) is 9.59 Å². The average molecular weight is 369 g/mol. The second-order valence-electron chi connectivity index (χ2n) is 6.82. The molecule has 2 heterocycles. The Morgan fingerprint density at radius 3 is 2.48 bits per heavy atom. The Morgan fingerprint density at radius 1 is 1.07 bits per heavy atom. The van der Waals surface area contributed by atoms with Crippen LogP contribution >= 0.6 is 0 Å². The highest BCUT2D eigenvalue weighted by molar-refractivity contribution is 6.15. The zero-order valence-electron chi connectivity index (χ0n) is 14.9. The number of para-hydroxylation sites is 3. The SMILES string of the molecule is C[C@@]1(C(=O)N2CCN(c3ccccc3F)CC2)Oc2ccccc2NC1=O. The molecular formula is C20H20FN3O3. The maximum Gasteiger partial charge on any atom is 0.278 e. The van der Waals surface area contributed by atoms with Crippen molar-refractivity contribution in [2.45, 2.75) is 12.5 Å². The van der Waals surface area contributed by atoms with E-state index >= 15 is 0 Å². The van der Waals surface area contributed by atoms with E-state index < -0.39 is 11.5 Å². The first-order chi connectivity index (χ1) is 13.0. The largest absolute Gasteiger partial charge is 0.466 e. The summed E-state index contributed by atoms with van der Waals surface area (Å²) in [5.41, 5.74) is -0.539. The molecule has 6 nitrogen and oxygen atoms in total. The molecule has 4 rings (SSSR count). The van der Waals surface area contributed by atoms with Crippen LogP contribution < -0.4 is 15.0 Å². The fraction of sp³-hybridized carbons (Fsp3) is 0.300. The van der Waals surface area contributed by atoms with Crippen molar-refractivity contribution < 1.29 is 18.7 Å². The quantitative estimate of drug-likeness (QED) is 0.825. The summed E-state index contributed by atoms with van der Waals surface area (Å²) in [6, 6.07) is 13.6. The molecule has 0 saturated carbocycles. The Labute approximate surface area is 156 Å². The first-order valence-electron chi connectivity index (χ1n) is 8.87. The van der Waals surface area contributed by atoms with Gasteiger partial charge in [0.25, 0.3) is 17.4 Å². The van der Waals surface area contributed by atoms with Crippen LogP contribution in [0, 0.1) is 5.82 Å². The minimum atomic E-state index is -1.62. The third-order valence-corrected chi connectivity index (χ3v) is 5.05. The second kappa shape index (κ2) is 6.57. The summed E-state index contributed by atoms with van der Waals surface area (Å²) in [7, 11) is 0. The summed E-state index contributed by atoms with van der Waals surface area (Å²) >= 11 is 0. The number of piperazine rings is 1. The molecule has 2 aliphatic rings. The lowest BCUT2D eigenvalue weighted by Crippen LogP contribution is -2.62. The summed E-state index contributed by atoms with van der Waals surface area (Å²) in [6.45, 7) is 3.24. The summed E-state index contributed by atoms with van der Waals surface area (Å²) in [6.07, 6.45) is 0. The zero-order chi connectivity index (χ0) is 19.0. The number of hydrogen-bond donors (Lipinski definition) is 1. The minimum absolute atomic E-state index is 0.282. The fourth-order valence-electron chi connectivity index (χ4n) is 3.47. The van der Waals surface area contributed by atoms with Crippen LogP contribution in [0.5, 0.6) is 5.75 Å². The first-order valence-corrected chi connectivity index (χ1v) is 8.87. The number of carbonyl (C=O) groups is 2. The van der Waals surface area contributed by atoms with Gasteiger partial charge in [-0.05, 0) is 31.2 Å². The van der Waals surface area contributed by atoms with Crippen LogP contribution in [0.4, 0.5) is 15.8 Å². The molecule has 0 spiro atoms. The van der Waals surface area contributed by atoms with Gasteiger partial charge >= 0.3 is 0 Å². The van der Waals surface area contributed by atoms with Gasteiger partial charge in [0.2, 0.25) is 0 Å². The molecule has 1 atom stereocenters. The van der Waals surface area contributed by atoms with Crippen LogP contribution in [-0.2, 0) is 9.59 Å². The minimum Gasteiger partial charge on any atom is -0.466 e. The van der Waals surface area contributed by atoms with Crippen LogP contribution in [0.2, 0.25) is 0 Å². The third kappa shape index (κ3) is 2.99. The Kier molecular flexibility index (Phi) is 4.22. The van der Waals surface area contributed by atoms with Gasteiger partial charge in [0.15, 0.2) is 0 Å². The smallest absolute Gasteiger partial charge is 0.278 e. The molecule has 0 aromatic heterocycles. The van der Waals surface area contributed by atoms with Gasteiger partial charge in [-0.1, -0.05) is 24.3 Å². The van der Waals surface area contributed by atoms with E-state index in [0.29, 0.717) is 43.3 Å². The number of anilines is 2. The number of amides is 2. The highest BCUT2D eigenvalue weighted by atomic mass is 19.1. The number of nitrogens with one attached hydrogen (secondary N) is 1. The zero-order valence-corrected chi connectivity index (χ0v) is 14.9. The maximum absolute atomic E-state index is 14.0. The Balaban J connectivity index is 1.48. The molecule has 0 bridgehead atoms. The molecule has 27 heavy (non-hydrogen) atoms. The van der Waals surface area contributed by atoms with Gasteiger partial charge in [-0.15, -0.1) is 0 Å². The number of ether oxygens (including phenoxy) is 1. The van der Waals surface area contributed by atoms with Gasteiger partial charge in [-0.25, -0.2) is 4.39 Å². The van der Waals surface area contributed by atoms with Crippen LogP contribution in [0.15, 0.2) is 48.5 Å². The predicted octanol–water partition coefficient (Wildman–Crippen LogP) is 2.26. The van der Waals surface area contributed by atoms with Gasteiger partial charge in [0.1, 0.15) is 11.6 Å². The molecule has 1 fully saturated rings. The van der Waals surface area contributed by atoms with Gasteiger partial charge < -0.3 is 19.9 Å². The molecule has 2 aromatic rings. The lowest BCUT2D eigenvalue weighted by Gasteiger charge is -2.41. The van der Waals surface area contributed by atoms with E-state index in [1.807, 2.05) is 4.90 Å².